The first kappa shape index (κ1) is 16.2. The Morgan fingerprint density at radius 2 is 1.72 bits per heavy atom. The summed E-state index contributed by atoms with van der Waals surface area (Å²) in [5, 5.41) is 19.7. The molecule has 18 heavy (non-hydrogen) atoms. The molecule has 1 aliphatic carbocycles. The van der Waals surface area contributed by atoms with Gasteiger partial charge in [0.25, 0.3) is 0 Å². The van der Waals surface area contributed by atoms with Gasteiger partial charge in [-0.1, -0.05) is 6.42 Å². The van der Waals surface area contributed by atoms with E-state index in [4.69, 9.17) is 5.73 Å². The molecule has 0 aromatic heterocycles. The van der Waals surface area contributed by atoms with E-state index < -0.39 is 12.1 Å². The molecule has 0 heterocycles. The maximum atomic E-state index is 10.1. The highest BCUT2D eigenvalue weighted by Gasteiger charge is 2.31. The van der Waals surface area contributed by atoms with E-state index in [0.29, 0.717) is 14.9 Å². The van der Waals surface area contributed by atoms with Gasteiger partial charge in [-0.3, -0.25) is 0 Å². The summed E-state index contributed by atoms with van der Waals surface area (Å²) in [5.41, 5.74) is 6.88. The van der Waals surface area contributed by atoms with Crippen LogP contribution in [0.25, 0.3) is 0 Å². The first-order valence-electron chi connectivity index (χ1n) is 5.62. The molecule has 0 bridgehead atoms. The summed E-state index contributed by atoms with van der Waals surface area (Å²) in [4.78, 5) is 0. The highest BCUT2D eigenvalue weighted by Crippen LogP contribution is 2.38. The molecule has 2 atom stereocenters. The number of halogens is 3. The van der Waals surface area contributed by atoms with Gasteiger partial charge in [0.2, 0.25) is 0 Å². The molecule has 2 rings (SSSR count). The van der Waals surface area contributed by atoms with E-state index in [1.807, 2.05) is 0 Å². The minimum absolute atomic E-state index is 0. The molecule has 0 saturated heterocycles. The van der Waals surface area contributed by atoms with E-state index in [-0.39, 0.29) is 18.2 Å². The highest BCUT2D eigenvalue weighted by atomic mass is 79.9. The fourth-order valence-electron chi connectivity index (χ4n) is 2.05. The lowest BCUT2D eigenvalue weighted by molar-refractivity contribution is 0.0413. The molecule has 1 aromatic carbocycles. The minimum Gasteiger partial charge on any atom is -0.506 e. The molecule has 0 radical (unpaired) electrons. The van der Waals surface area contributed by atoms with Crippen LogP contribution in [0, 0.1) is 5.92 Å². The van der Waals surface area contributed by atoms with Crippen LogP contribution in [0.3, 0.4) is 0 Å². The van der Waals surface area contributed by atoms with Crippen LogP contribution >= 0.6 is 44.3 Å². The summed E-state index contributed by atoms with van der Waals surface area (Å²) >= 11 is 6.53. The maximum absolute atomic E-state index is 10.1. The number of aliphatic hydroxyl groups excluding tert-OH is 1. The summed E-state index contributed by atoms with van der Waals surface area (Å²) in [6.45, 7) is 0. The third-order valence-corrected chi connectivity index (χ3v) is 4.63. The average molecular weight is 402 g/mol. The summed E-state index contributed by atoms with van der Waals surface area (Å²) < 4.78 is 1.16. The van der Waals surface area contributed by atoms with E-state index in [9.17, 15) is 10.2 Å². The number of benzene rings is 1. The van der Waals surface area contributed by atoms with Gasteiger partial charge in [-0.25, -0.2) is 0 Å². The van der Waals surface area contributed by atoms with E-state index in [1.54, 1.807) is 12.1 Å². The summed E-state index contributed by atoms with van der Waals surface area (Å²) in [6, 6.07) is 3.10. The molecule has 4 N–H and O–H groups in total. The van der Waals surface area contributed by atoms with Gasteiger partial charge in [0.15, 0.2) is 0 Å². The Labute approximate surface area is 129 Å². The number of hydrogen-bond acceptors (Lipinski definition) is 3. The zero-order valence-corrected chi connectivity index (χ0v) is 13.6. The predicted molar refractivity (Wildman–Crippen MR) is 81.0 cm³/mol. The lowest BCUT2D eigenvalue weighted by Gasteiger charge is -2.34. The van der Waals surface area contributed by atoms with Gasteiger partial charge in [0.05, 0.1) is 21.1 Å². The molecule has 1 aliphatic rings. The Morgan fingerprint density at radius 3 is 2.11 bits per heavy atom. The first-order chi connectivity index (χ1) is 8.00. The van der Waals surface area contributed by atoms with Gasteiger partial charge in [0.1, 0.15) is 5.75 Å². The number of rotatable bonds is 3. The zero-order chi connectivity index (χ0) is 12.6. The summed E-state index contributed by atoms with van der Waals surface area (Å²) in [7, 11) is 0. The molecule has 0 aliphatic heterocycles. The van der Waals surface area contributed by atoms with Crippen LogP contribution in [-0.2, 0) is 0 Å². The van der Waals surface area contributed by atoms with Crippen molar-refractivity contribution in [2.45, 2.75) is 31.4 Å². The fraction of sp³-hybridized carbons (Fsp3) is 0.500. The Kier molecular flexibility index (Phi) is 5.93. The molecule has 1 fully saturated rings. The second-order valence-electron chi connectivity index (χ2n) is 4.54. The number of hydrogen-bond donors (Lipinski definition) is 3. The largest absolute Gasteiger partial charge is 0.506 e. The number of aromatic hydroxyl groups is 1. The van der Waals surface area contributed by atoms with Crippen molar-refractivity contribution in [2.75, 3.05) is 0 Å². The van der Waals surface area contributed by atoms with E-state index in [0.717, 1.165) is 18.4 Å². The molecule has 0 unspecified atom stereocenters. The number of phenols is 1. The molecule has 1 saturated carbocycles. The van der Waals surface area contributed by atoms with Gasteiger partial charge in [-0.05, 0) is 68.3 Å². The normalized spacial score (nSPS) is 18.7. The number of phenolic OH excluding ortho intramolecular Hbond substituents is 1. The van der Waals surface area contributed by atoms with Crippen LogP contribution < -0.4 is 5.73 Å². The maximum Gasteiger partial charge on any atom is 0.143 e. The van der Waals surface area contributed by atoms with Crippen molar-refractivity contribution in [1.82, 2.24) is 0 Å². The van der Waals surface area contributed by atoms with Crippen LogP contribution in [-0.4, -0.2) is 16.3 Å². The van der Waals surface area contributed by atoms with Crippen molar-refractivity contribution in [3.63, 3.8) is 0 Å². The lowest BCUT2D eigenvalue weighted by atomic mass is 9.77. The smallest absolute Gasteiger partial charge is 0.143 e. The van der Waals surface area contributed by atoms with Crippen LogP contribution in [0.1, 0.15) is 30.9 Å². The molecule has 102 valence electrons. The van der Waals surface area contributed by atoms with Crippen molar-refractivity contribution in [1.29, 1.82) is 0 Å². The Hall–Kier alpha value is 0.190. The molecule has 3 nitrogen and oxygen atoms in total. The minimum atomic E-state index is -0.507. The second kappa shape index (κ2) is 6.57. The topological polar surface area (TPSA) is 66.5 Å². The quantitative estimate of drug-likeness (QED) is 0.726. The fourth-order valence-corrected chi connectivity index (χ4v) is 3.27. The molecular weight excluding hydrogens is 385 g/mol. The Morgan fingerprint density at radius 1 is 1.22 bits per heavy atom. The van der Waals surface area contributed by atoms with Crippen molar-refractivity contribution < 1.29 is 10.2 Å². The molecule has 0 amide bonds. The SMILES string of the molecule is Cl.N[C@@H](c1cc(Br)c(O)c(Br)c1)[C@H](O)C1CCC1. The van der Waals surface area contributed by atoms with E-state index in [2.05, 4.69) is 31.9 Å². The van der Waals surface area contributed by atoms with Gasteiger partial charge in [-0.2, -0.15) is 0 Å². The van der Waals surface area contributed by atoms with Crippen molar-refractivity contribution in [2.24, 2.45) is 11.7 Å². The average Bonchev–Trinajstić information content (AvgIpc) is 2.21. The third-order valence-electron chi connectivity index (χ3n) is 3.42. The van der Waals surface area contributed by atoms with Gasteiger partial charge in [-0.15, -0.1) is 12.4 Å². The van der Waals surface area contributed by atoms with Crippen molar-refractivity contribution in [3.05, 3.63) is 26.6 Å². The van der Waals surface area contributed by atoms with Gasteiger partial charge < -0.3 is 15.9 Å². The summed E-state index contributed by atoms with van der Waals surface area (Å²) in [6.07, 6.45) is 2.77. The summed E-state index contributed by atoms with van der Waals surface area (Å²) in [5.74, 6) is 0.468. The van der Waals surface area contributed by atoms with Crippen LogP contribution in [0.15, 0.2) is 21.1 Å². The third kappa shape index (κ3) is 3.20. The van der Waals surface area contributed by atoms with Crippen LogP contribution in [0.5, 0.6) is 5.75 Å². The van der Waals surface area contributed by atoms with E-state index >= 15 is 0 Å². The molecular formula is C12H16Br2ClNO2. The Bertz CT molecular complexity index is 404. The lowest BCUT2D eigenvalue weighted by Crippen LogP contribution is -2.36. The molecule has 1 aromatic rings. The van der Waals surface area contributed by atoms with Gasteiger partial charge >= 0.3 is 0 Å². The van der Waals surface area contributed by atoms with Crippen LogP contribution in [0.4, 0.5) is 0 Å². The van der Waals surface area contributed by atoms with Gasteiger partial charge in [0, 0.05) is 0 Å². The molecule has 6 heteroatoms. The van der Waals surface area contributed by atoms with Crippen LogP contribution in [0.2, 0.25) is 0 Å². The van der Waals surface area contributed by atoms with Crippen molar-refractivity contribution >= 4 is 44.3 Å². The first-order valence-corrected chi connectivity index (χ1v) is 7.21. The zero-order valence-electron chi connectivity index (χ0n) is 9.64. The van der Waals surface area contributed by atoms with Crippen molar-refractivity contribution in [3.8, 4) is 5.75 Å². The molecule has 0 spiro atoms. The Balaban J connectivity index is 0.00000162. The second-order valence-corrected chi connectivity index (χ2v) is 6.25. The van der Waals surface area contributed by atoms with E-state index in [1.165, 1.54) is 6.42 Å². The number of aliphatic hydroxyl groups is 1. The highest BCUT2D eigenvalue weighted by molar-refractivity contribution is 9.11. The predicted octanol–water partition coefficient (Wildman–Crippen LogP) is 3.50. The number of nitrogens with two attached hydrogens (primary N) is 1. The monoisotopic (exact) mass is 399 g/mol. The standard InChI is InChI=1S/C12H15Br2NO2.ClH/c13-8-4-7(5-9(14)12(8)17)10(15)11(16)6-2-1-3-6;/h4-6,10-11,16-17H,1-3,15H2;1H/t10-,11+;/m0./s1.